The van der Waals surface area contributed by atoms with Crippen LogP contribution in [-0.4, -0.2) is 4.98 Å². The van der Waals surface area contributed by atoms with Gasteiger partial charge in [0.05, 0.1) is 11.4 Å². The van der Waals surface area contributed by atoms with Gasteiger partial charge in [-0.25, -0.2) is 0 Å². The van der Waals surface area contributed by atoms with E-state index in [1.54, 1.807) is 0 Å². The number of pyridine rings is 1. The van der Waals surface area contributed by atoms with Crippen LogP contribution in [0.4, 0.5) is 0 Å². The molecular weight excluding hydrogens is 282 g/mol. The van der Waals surface area contributed by atoms with E-state index in [-0.39, 0.29) is 5.43 Å². The number of rotatable bonds is 2. The van der Waals surface area contributed by atoms with Crippen molar-refractivity contribution in [3.8, 4) is 22.5 Å². The Morgan fingerprint density at radius 3 is 1.30 bits per heavy atom. The zero-order valence-electron chi connectivity index (χ0n) is 14.0. The molecule has 0 aliphatic carbocycles. The highest BCUT2D eigenvalue weighted by Crippen LogP contribution is 2.26. The smallest absolute Gasteiger partial charge is 0.188 e. The molecular formula is C21H21NO. The minimum absolute atomic E-state index is 0.106. The van der Waals surface area contributed by atoms with Crippen LogP contribution in [0.2, 0.25) is 0 Å². The molecule has 0 saturated carbocycles. The first-order chi connectivity index (χ1) is 11.0. The van der Waals surface area contributed by atoms with E-state index >= 15 is 0 Å². The van der Waals surface area contributed by atoms with Crippen molar-refractivity contribution in [1.82, 2.24) is 4.98 Å². The van der Waals surface area contributed by atoms with Gasteiger partial charge in [0.25, 0.3) is 0 Å². The first kappa shape index (κ1) is 15.3. The first-order valence-electron chi connectivity index (χ1n) is 7.85. The third-order valence-electron chi connectivity index (χ3n) is 4.36. The molecule has 0 aliphatic heterocycles. The van der Waals surface area contributed by atoms with Crippen molar-refractivity contribution in [3.05, 3.63) is 81.0 Å². The van der Waals surface area contributed by atoms with Gasteiger partial charge in [-0.05, 0) is 38.8 Å². The van der Waals surface area contributed by atoms with E-state index in [1.165, 1.54) is 11.1 Å². The first-order valence-corrected chi connectivity index (χ1v) is 7.85. The molecule has 0 radical (unpaired) electrons. The maximum absolute atomic E-state index is 12.7. The van der Waals surface area contributed by atoms with Gasteiger partial charge in [-0.2, -0.15) is 0 Å². The fourth-order valence-electron chi connectivity index (χ4n) is 2.84. The average molecular weight is 303 g/mol. The summed E-state index contributed by atoms with van der Waals surface area (Å²) >= 11 is 0. The van der Waals surface area contributed by atoms with Crippen LogP contribution in [0.1, 0.15) is 22.3 Å². The zero-order chi connectivity index (χ0) is 16.6. The van der Waals surface area contributed by atoms with E-state index in [4.69, 9.17) is 0 Å². The summed E-state index contributed by atoms with van der Waals surface area (Å²) in [5.74, 6) is 0. The molecule has 0 unspecified atom stereocenters. The Bertz CT molecular complexity index is 828. The molecule has 23 heavy (non-hydrogen) atoms. The summed E-state index contributed by atoms with van der Waals surface area (Å²) in [6, 6.07) is 16.5. The Hall–Kier alpha value is -2.61. The minimum atomic E-state index is 0.106. The number of aromatic amines is 1. The van der Waals surface area contributed by atoms with Crippen molar-refractivity contribution in [2.24, 2.45) is 0 Å². The molecule has 0 saturated heterocycles. The van der Waals surface area contributed by atoms with Crippen LogP contribution < -0.4 is 5.43 Å². The third-order valence-corrected chi connectivity index (χ3v) is 4.36. The van der Waals surface area contributed by atoms with Gasteiger partial charge >= 0.3 is 0 Å². The van der Waals surface area contributed by atoms with E-state index in [2.05, 4.69) is 67.4 Å². The van der Waals surface area contributed by atoms with Gasteiger partial charge < -0.3 is 4.98 Å². The average Bonchev–Trinajstić information content (AvgIpc) is 2.55. The molecule has 0 atom stereocenters. The molecule has 0 fully saturated rings. The molecule has 0 spiro atoms. The lowest BCUT2D eigenvalue weighted by Gasteiger charge is -2.13. The van der Waals surface area contributed by atoms with Crippen molar-refractivity contribution >= 4 is 0 Å². The summed E-state index contributed by atoms with van der Waals surface area (Å²) in [4.78, 5) is 16.2. The van der Waals surface area contributed by atoms with Gasteiger partial charge in [0, 0.05) is 11.1 Å². The van der Waals surface area contributed by atoms with E-state index in [0.717, 1.165) is 33.6 Å². The quantitative estimate of drug-likeness (QED) is 0.714. The molecule has 1 N–H and O–H groups in total. The van der Waals surface area contributed by atoms with Gasteiger partial charge in [-0.3, -0.25) is 4.79 Å². The minimum Gasteiger partial charge on any atom is -0.354 e. The summed E-state index contributed by atoms with van der Waals surface area (Å²) in [6.07, 6.45) is 0. The molecule has 2 heteroatoms. The topological polar surface area (TPSA) is 32.9 Å². The van der Waals surface area contributed by atoms with Gasteiger partial charge in [0.15, 0.2) is 5.43 Å². The predicted octanol–water partition coefficient (Wildman–Crippen LogP) is 4.94. The molecule has 3 rings (SSSR count). The van der Waals surface area contributed by atoms with Crippen LogP contribution in [0, 0.1) is 27.7 Å². The second-order valence-electron chi connectivity index (χ2n) is 6.19. The number of hydrogen-bond acceptors (Lipinski definition) is 1. The molecule has 0 amide bonds. The van der Waals surface area contributed by atoms with E-state index < -0.39 is 0 Å². The number of hydrogen-bond donors (Lipinski definition) is 1. The maximum atomic E-state index is 12.7. The fourth-order valence-corrected chi connectivity index (χ4v) is 2.84. The Morgan fingerprint density at radius 1 is 0.609 bits per heavy atom. The largest absolute Gasteiger partial charge is 0.354 e. The van der Waals surface area contributed by atoms with Crippen molar-refractivity contribution in [3.63, 3.8) is 0 Å². The standard InChI is InChI=1S/C21H21NO/c1-13-5-9-17(10-6-13)19-15(3)21(23)16(4)20(22-19)18-11-7-14(2)8-12-18/h5-12H,1-4H3,(H,22,23). The summed E-state index contributed by atoms with van der Waals surface area (Å²) in [6.45, 7) is 7.90. The number of H-pyrrole nitrogens is 1. The molecule has 116 valence electrons. The van der Waals surface area contributed by atoms with Crippen LogP contribution in [0.3, 0.4) is 0 Å². The second-order valence-corrected chi connectivity index (χ2v) is 6.19. The van der Waals surface area contributed by atoms with Crippen LogP contribution in [0.5, 0.6) is 0 Å². The Morgan fingerprint density at radius 2 is 0.957 bits per heavy atom. The molecule has 0 aliphatic rings. The Labute approximate surface area is 136 Å². The predicted molar refractivity (Wildman–Crippen MR) is 96.9 cm³/mol. The van der Waals surface area contributed by atoms with Crippen molar-refractivity contribution in [1.29, 1.82) is 0 Å². The molecule has 3 aromatic rings. The maximum Gasteiger partial charge on any atom is 0.188 e. The molecule has 1 heterocycles. The van der Waals surface area contributed by atoms with Gasteiger partial charge in [0.1, 0.15) is 0 Å². The highest BCUT2D eigenvalue weighted by atomic mass is 16.1. The van der Waals surface area contributed by atoms with Gasteiger partial charge in [0.2, 0.25) is 0 Å². The van der Waals surface area contributed by atoms with E-state index in [1.807, 2.05) is 13.8 Å². The highest BCUT2D eigenvalue weighted by molar-refractivity contribution is 5.71. The molecule has 2 aromatic carbocycles. The number of nitrogens with one attached hydrogen (secondary N) is 1. The van der Waals surface area contributed by atoms with Crippen LogP contribution in [0.15, 0.2) is 53.3 Å². The van der Waals surface area contributed by atoms with E-state index in [9.17, 15) is 4.79 Å². The Kier molecular flexibility index (Phi) is 3.91. The number of benzene rings is 2. The van der Waals surface area contributed by atoms with Gasteiger partial charge in [-0.1, -0.05) is 59.7 Å². The van der Waals surface area contributed by atoms with Crippen LogP contribution >= 0.6 is 0 Å². The highest BCUT2D eigenvalue weighted by Gasteiger charge is 2.13. The summed E-state index contributed by atoms with van der Waals surface area (Å²) in [7, 11) is 0. The molecule has 0 bridgehead atoms. The summed E-state index contributed by atoms with van der Waals surface area (Å²) < 4.78 is 0. The van der Waals surface area contributed by atoms with Crippen molar-refractivity contribution in [2.75, 3.05) is 0 Å². The lowest BCUT2D eigenvalue weighted by atomic mass is 9.99. The summed E-state index contributed by atoms with van der Waals surface area (Å²) in [5, 5.41) is 0. The number of aromatic nitrogens is 1. The normalized spacial score (nSPS) is 10.8. The second kappa shape index (κ2) is 5.88. The third kappa shape index (κ3) is 2.85. The van der Waals surface area contributed by atoms with E-state index in [0.29, 0.717) is 0 Å². The summed E-state index contributed by atoms with van der Waals surface area (Å²) in [5.41, 5.74) is 7.93. The Balaban J connectivity index is 2.24. The zero-order valence-corrected chi connectivity index (χ0v) is 14.0. The lowest BCUT2D eigenvalue weighted by molar-refractivity contribution is 1.19. The van der Waals surface area contributed by atoms with Crippen molar-refractivity contribution in [2.45, 2.75) is 27.7 Å². The van der Waals surface area contributed by atoms with Crippen LogP contribution in [0.25, 0.3) is 22.5 Å². The van der Waals surface area contributed by atoms with Crippen molar-refractivity contribution < 1.29 is 0 Å². The fraction of sp³-hybridized carbons (Fsp3) is 0.190. The number of aryl methyl sites for hydroxylation is 2. The lowest BCUT2D eigenvalue weighted by Crippen LogP contribution is -2.14. The van der Waals surface area contributed by atoms with Crippen LogP contribution in [-0.2, 0) is 0 Å². The molecule has 2 nitrogen and oxygen atoms in total. The SMILES string of the molecule is Cc1ccc(-c2[nH]c(-c3ccc(C)cc3)c(C)c(=O)c2C)cc1. The van der Waals surface area contributed by atoms with Gasteiger partial charge in [-0.15, -0.1) is 0 Å². The monoisotopic (exact) mass is 303 g/mol. The molecule has 1 aromatic heterocycles.